The Balaban J connectivity index is 1.42. The van der Waals surface area contributed by atoms with Crippen molar-refractivity contribution >= 4 is 46.7 Å². The number of nitrogens with zero attached hydrogens (tertiary/aromatic N) is 6. The number of carbonyl (C=O) groups is 1. The molecule has 34 heavy (non-hydrogen) atoms. The van der Waals surface area contributed by atoms with Crippen LogP contribution in [0.25, 0.3) is 0 Å². The number of halogens is 1. The fourth-order valence-electron chi connectivity index (χ4n) is 2.89. The maximum atomic E-state index is 12.2. The van der Waals surface area contributed by atoms with Crippen LogP contribution in [0.5, 0.6) is 0 Å². The summed E-state index contributed by atoms with van der Waals surface area (Å²) in [5, 5.41) is 14.9. The molecule has 0 radical (unpaired) electrons. The maximum Gasteiger partial charge on any atom is 0.435 e. The Morgan fingerprint density at radius 3 is 2.65 bits per heavy atom. The molecule has 0 amide bonds. The minimum atomic E-state index is -0.629. The summed E-state index contributed by atoms with van der Waals surface area (Å²) in [6.07, 6.45) is 5.87. The predicted molar refractivity (Wildman–Crippen MR) is 130 cm³/mol. The minimum absolute atomic E-state index is 0.288. The van der Waals surface area contributed by atoms with Crippen LogP contribution in [0, 0.1) is 0 Å². The average Bonchev–Trinajstić information content (AvgIpc) is 3.41. The number of carbonyl (C=O) groups excluding carboxylic acids is 1. The van der Waals surface area contributed by atoms with Crippen LogP contribution in [0.2, 0.25) is 5.02 Å². The zero-order valence-electron chi connectivity index (χ0n) is 18.9. The minimum Gasteiger partial charge on any atom is -0.442 e. The van der Waals surface area contributed by atoms with Gasteiger partial charge < -0.3 is 21.1 Å². The SMILES string of the molecule is CC(C)(C)OC(=O)n1ccc(Nc2nc(Nc3cnn(Cc4ccc(N)cc4)c3)ncc2Cl)n1. The van der Waals surface area contributed by atoms with Gasteiger partial charge in [-0.25, -0.2) is 9.78 Å². The monoisotopic (exact) mass is 481 g/mol. The van der Waals surface area contributed by atoms with Gasteiger partial charge in [-0.15, -0.1) is 5.10 Å². The molecule has 0 unspecified atom stereocenters. The first-order chi connectivity index (χ1) is 16.1. The van der Waals surface area contributed by atoms with Gasteiger partial charge in [0.2, 0.25) is 5.95 Å². The highest BCUT2D eigenvalue weighted by atomic mass is 35.5. The van der Waals surface area contributed by atoms with Gasteiger partial charge in [-0.05, 0) is 38.5 Å². The first-order valence-corrected chi connectivity index (χ1v) is 10.7. The van der Waals surface area contributed by atoms with Crippen LogP contribution in [-0.2, 0) is 11.3 Å². The number of rotatable bonds is 6. The van der Waals surface area contributed by atoms with Crippen molar-refractivity contribution in [3.63, 3.8) is 0 Å². The lowest BCUT2D eigenvalue weighted by Crippen LogP contribution is -2.27. The molecule has 0 fully saturated rings. The molecule has 0 aliphatic heterocycles. The number of anilines is 5. The average molecular weight is 482 g/mol. The van der Waals surface area contributed by atoms with Crippen LogP contribution in [-0.4, -0.2) is 41.2 Å². The molecule has 0 aliphatic carbocycles. The Labute approximate surface area is 200 Å². The van der Waals surface area contributed by atoms with Gasteiger partial charge in [0.1, 0.15) is 10.6 Å². The summed E-state index contributed by atoms with van der Waals surface area (Å²) >= 11 is 6.24. The van der Waals surface area contributed by atoms with E-state index in [2.05, 4.69) is 30.8 Å². The summed E-state index contributed by atoms with van der Waals surface area (Å²) in [6.45, 7) is 5.94. The smallest absolute Gasteiger partial charge is 0.435 e. The van der Waals surface area contributed by atoms with E-state index in [-0.39, 0.29) is 5.02 Å². The highest BCUT2D eigenvalue weighted by Crippen LogP contribution is 2.24. The molecule has 0 saturated heterocycles. The van der Waals surface area contributed by atoms with E-state index in [4.69, 9.17) is 22.1 Å². The van der Waals surface area contributed by atoms with E-state index in [1.165, 1.54) is 12.4 Å². The van der Waals surface area contributed by atoms with Gasteiger partial charge in [0, 0.05) is 24.1 Å². The number of hydrogen-bond donors (Lipinski definition) is 3. The lowest BCUT2D eigenvalue weighted by Gasteiger charge is -2.18. The zero-order chi connectivity index (χ0) is 24.3. The number of ether oxygens (including phenoxy) is 1. The van der Waals surface area contributed by atoms with Crippen molar-refractivity contribution in [1.82, 2.24) is 29.5 Å². The van der Waals surface area contributed by atoms with Crippen molar-refractivity contribution in [2.24, 2.45) is 0 Å². The lowest BCUT2D eigenvalue weighted by atomic mass is 10.2. The number of aromatic nitrogens is 6. The molecule has 0 aliphatic rings. The highest BCUT2D eigenvalue weighted by molar-refractivity contribution is 6.32. The van der Waals surface area contributed by atoms with Crippen LogP contribution < -0.4 is 16.4 Å². The van der Waals surface area contributed by atoms with Crippen molar-refractivity contribution in [2.45, 2.75) is 32.9 Å². The second-order valence-corrected chi connectivity index (χ2v) is 8.84. The Hall–Kier alpha value is -4.12. The van der Waals surface area contributed by atoms with E-state index in [1.807, 2.05) is 30.5 Å². The third-order valence-corrected chi connectivity index (χ3v) is 4.65. The molecular formula is C22H24ClN9O2. The first kappa shape index (κ1) is 23.1. The van der Waals surface area contributed by atoms with Crippen LogP contribution in [0.4, 0.5) is 33.8 Å². The predicted octanol–water partition coefficient (Wildman–Crippen LogP) is 4.42. The number of hydrogen-bond acceptors (Lipinski definition) is 9. The zero-order valence-corrected chi connectivity index (χ0v) is 19.6. The standard InChI is InChI=1S/C22H24ClN9O2/c1-22(2,3)34-21(33)32-9-8-18(30-32)28-19-17(23)11-25-20(29-19)27-16-10-26-31(13-16)12-14-4-6-15(24)7-5-14/h4-11,13H,12,24H2,1-3H3,(H2,25,27,28,29,30). The third kappa shape index (κ3) is 6.01. The van der Waals surface area contributed by atoms with E-state index in [0.717, 1.165) is 10.2 Å². The summed E-state index contributed by atoms with van der Waals surface area (Å²) in [4.78, 5) is 20.8. The summed E-state index contributed by atoms with van der Waals surface area (Å²) in [5.41, 5.74) is 7.60. The second-order valence-electron chi connectivity index (χ2n) is 8.43. The van der Waals surface area contributed by atoms with Gasteiger partial charge in [0.25, 0.3) is 0 Å². The number of nitrogens with two attached hydrogens (primary N) is 1. The summed E-state index contributed by atoms with van der Waals surface area (Å²) in [6, 6.07) is 9.22. The Bertz CT molecular complexity index is 1290. The van der Waals surface area contributed by atoms with Crippen LogP contribution in [0.1, 0.15) is 26.3 Å². The highest BCUT2D eigenvalue weighted by Gasteiger charge is 2.19. The fraction of sp³-hybridized carbons (Fsp3) is 0.227. The van der Waals surface area contributed by atoms with Crippen molar-refractivity contribution in [1.29, 1.82) is 0 Å². The van der Waals surface area contributed by atoms with E-state index >= 15 is 0 Å². The third-order valence-electron chi connectivity index (χ3n) is 4.37. The summed E-state index contributed by atoms with van der Waals surface area (Å²) in [5.74, 6) is 1.00. The normalized spacial score (nSPS) is 11.3. The van der Waals surface area contributed by atoms with Gasteiger partial charge in [0.05, 0.1) is 24.6 Å². The molecule has 11 nitrogen and oxygen atoms in total. The molecule has 4 rings (SSSR count). The van der Waals surface area contributed by atoms with Crippen LogP contribution in [0.15, 0.2) is 55.1 Å². The maximum absolute atomic E-state index is 12.2. The van der Waals surface area contributed by atoms with Crippen LogP contribution >= 0.6 is 11.6 Å². The molecule has 12 heteroatoms. The molecule has 4 N–H and O–H groups in total. The number of nitrogens with one attached hydrogen (secondary N) is 2. The fourth-order valence-corrected chi connectivity index (χ4v) is 3.03. The quantitative estimate of drug-likeness (QED) is 0.341. The van der Waals surface area contributed by atoms with E-state index in [1.54, 1.807) is 37.7 Å². The van der Waals surface area contributed by atoms with Crippen LogP contribution in [0.3, 0.4) is 0 Å². The Morgan fingerprint density at radius 2 is 1.91 bits per heavy atom. The van der Waals surface area contributed by atoms with Gasteiger partial charge in [0.15, 0.2) is 11.6 Å². The Morgan fingerprint density at radius 1 is 1.15 bits per heavy atom. The molecular weight excluding hydrogens is 458 g/mol. The van der Waals surface area contributed by atoms with Gasteiger partial charge >= 0.3 is 6.09 Å². The molecule has 1 aromatic carbocycles. The van der Waals surface area contributed by atoms with E-state index in [0.29, 0.717) is 35.5 Å². The van der Waals surface area contributed by atoms with E-state index in [9.17, 15) is 4.79 Å². The number of nitrogen functional groups attached to an aromatic ring is 1. The molecule has 0 saturated carbocycles. The number of benzene rings is 1. The molecule has 3 heterocycles. The molecule has 3 aromatic heterocycles. The summed E-state index contributed by atoms with van der Waals surface area (Å²) in [7, 11) is 0. The molecule has 176 valence electrons. The largest absolute Gasteiger partial charge is 0.442 e. The van der Waals surface area contributed by atoms with Gasteiger partial charge in [-0.1, -0.05) is 23.7 Å². The second kappa shape index (κ2) is 9.40. The van der Waals surface area contributed by atoms with Crippen molar-refractivity contribution in [3.05, 3.63) is 65.7 Å². The summed E-state index contributed by atoms with van der Waals surface area (Å²) < 4.78 is 8.18. The van der Waals surface area contributed by atoms with Gasteiger partial charge in [-0.3, -0.25) is 4.68 Å². The lowest BCUT2D eigenvalue weighted by molar-refractivity contribution is 0.0515. The Kier molecular flexibility index (Phi) is 6.37. The molecule has 4 aromatic rings. The van der Waals surface area contributed by atoms with Crippen molar-refractivity contribution in [2.75, 3.05) is 16.4 Å². The van der Waals surface area contributed by atoms with Crippen molar-refractivity contribution < 1.29 is 9.53 Å². The molecule has 0 bridgehead atoms. The topological polar surface area (TPSA) is 138 Å². The first-order valence-electron chi connectivity index (χ1n) is 10.4. The molecule has 0 atom stereocenters. The van der Waals surface area contributed by atoms with E-state index < -0.39 is 11.7 Å². The van der Waals surface area contributed by atoms with Gasteiger partial charge in [-0.2, -0.15) is 14.8 Å². The van der Waals surface area contributed by atoms with Crippen molar-refractivity contribution in [3.8, 4) is 0 Å². The molecule has 0 spiro atoms.